The minimum Gasteiger partial charge on any atom is -0.394 e. The zero-order valence-corrected chi connectivity index (χ0v) is 7.67. The van der Waals surface area contributed by atoms with Crippen molar-refractivity contribution in [2.75, 3.05) is 6.61 Å². The summed E-state index contributed by atoms with van der Waals surface area (Å²) in [6.45, 7) is 0.621. The van der Waals surface area contributed by atoms with Gasteiger partial charge in [-0.25, -0.2) is 0 Å². The number of aliphatic hydroxyl groups is 1. The highest BCUT2D eigenvalue weighted by molar-refractivity contribution is 5.56. The minimum absolute atomic E-state index is 0.101. The highest BCUT2D eigenvalue weighted by Crippen LogP contribution is 2.14. The lowest BCUT2D eigenvalue weighted by Crippen LogP contribution is -2.01. The van der Waals surface area contributed by atoms with Gasteiger partial charge in [-0.1, -0.05) is 6.07 Å². The molecule has 0 unspecified atom stereocenters. The van der Waals surface area contributed by atoms with Gasteiger partial charge in [0.15, 0.2) is 0 Å². The van der Waals surface area contributed by atoms with Crippen molar-refractivity contribution in [1.82, 2.24) is 14.8 Å². The molecule has 2 aromatic heterocycles. The molecule has 0 atom stereocenters. The first kappa shape index (κ1) is 8.90. The maximum atomic E-state index is 8.72. The zero-order valence-electron chi connectivity index (χ0n) is 7.67. The third-order valence-corrected chi connectivity index (χ3v) is 1.92. The van der Waals surface area contributed by atoms with E-state index in [2.05, 4.69) is 10.1 Å². The third kappa shape index (κ3) is 1.80. The van der Waals surface area contributed by atoms with E-state index in [-0.39, 0.29) is 6.61 Å². The fourth-order valence-electron chi connectivity index (χ4n) is 1.25. The van der Waals surface area contributed by atoms with Gasteiger partial charge in [0.25, 0.3) is 0 Å². The summed E-state index contributed by atoms with van der Waals surface area (Å²) in [6, 6.07) is 5.74. The van der Waals surface area contributed by atoms with Crippen LogP contribution in [-0.2, 0) is 6.54 Å². The van der Waals surface area contributed by atoms with Gasteiger partial charge in [-0.2, -0.15) is 5.10 Å². The average Bonchev–Trinajstić information content (AvgIpc) is 2.68. The fraction of sp³-hybridized carbons (Fsp3) is 0.200. The normalized spacial score (nSPS) is 10.4. The van der Waals surface area contributed by atoms with Gasteiger partial charge in [-0.3, -0.25) is 9.67 Å². The molecule has 0 saturated heterocycles. The van der Waals surface area contributed by atoms with Gasteiger partial charge in [0.05, 0.1) is 25.0 Å². The molecule has 0 fully saturated rings. The second-order valence-corrected chi connectivity index (χ2v) is 2.93. The lowest BCUT2D eigenvalue weighted by atomic mass is 10.2. The summed E-state index contributed by atoms with van der Waals surface area (Å²) < 4.78 is 1.70. The van der Waals surface area contributed by atoms with E-state index >= 15 is 0 Å². The molecule has 0 aliphatic heterocycles. The van der Waals surface area contributed by atoms with Gasteiger partial charge < -0.3 is 5.11 Å². The van der Waals surface area contributed by atoms with Gasteiger partial charge in [0.1, 0.15) is 0 Å². The van der Waals surface area contributed by atoms with Crippen LogP contribution in [0.3, 0.4) is 0 Å². The SMILES string of the molecule is OCCn1cc(-c2ccccn2)cn1. The first-order valence-electron chi connectivity index (χ1n) is 4.45. The molecule has 4 heteroatoms. The predicted octanol–water partition coefficient (Wildman–Crippen LogP) is 0.937. The van der Waals surface area contributed by atoms with Crippen molar-refractivity contribution in [3.63, 3.8) is 0 Å². The molecule has 0 amide bonds. The summed E-state index contributed by atoms with van der Waals surface area (Å²) in [5.41, 5.74) is 1.87. The van der Waals surface area contributed by atoms with Crippen LogP contribution in [0.1, 0.15) is 0 Å². The number of pyridine rings is 1. The Balaban J connectivity index is 2.25. The standard InChI is InChI=1S/C10H11N3O/c14-6-5-13-8-9(7-12-13)10-3-1-2-4-11-10/h1-4,7-8,14H,5-6H2. The Morgan fingerprint density at radius 1 is 1.36 bits per heavy atom. The van der Waals surface area contributed by atoms with E-state index in [1.54, 1.807) is 17.1 Å². The van der Waals surface area contributed by atoms with Crippen molar-refractivity contribution in [2.45, 2.75) is 6.54 Å². The van der Waals surface area contributed by atoms with Crippen LogP contribution < -0.4 is 0 Å². The van der Waals surface area contributed by atoms with Crippen LogP contribution >= 0.6 is 0 Å². The summed E-state index contributed by atoms with van der Waals surface area (Å²) in [4.78, 5) is 4.21. The van der Waals surface area contributed by atoms with Crippen LogP contribution in [0.25, 0.3) is 11.3 Å². The maximum Gasteiger partial charge on any atom is 0.0733 e. The Bertz CT molecular complexity index is 397. The smallest absolute Gasteiger partial charge is 0.0733 e. The Hall–Kier alpha value is -1.68. The molecule has 72 valence electrons. The topological polar surface area (TPSA) is 50.9 Å². The van der Waals surface area contributed by atoms with E-state index in [0.29, 0.717) is 6.54 Å². The molecule has 0 aliphatic rings. The molecular formula is C10H11N3O. The fourth-order valence-corrected chi connectivity index (χ4v) is 1.25. The molecule has 0 radical (unpaired) electrons. The molecule has 2 aromatic rings. The van der Waals surface area contributed by atoms with Crippen molar-refractivity contribution in [2.24, 2.45) is 0 Å². The van der Waals surface area contributed by atoms with Crippen LogP contribution in [0, 0.1) is 0 Å². The molecule has 0 spiro atoms. The molecule has 2 heterocycles. The van der Waals surface area contributed by atoms with E-state index in [0.717, 1.165) is 11.3 Å². The van der Waals surface area contributed by atoms with Crippen LogP contribution in [0.15, 0.2) is 36.8 Å². The Morgan fingerprint density at radius 2 is 2.29 bits per heavy atom. The molecule has 2 rings (SSSR count). The molecule has 0 aliphatic carbocycles. The zero-order chi connectivity index (χ0) is 9.80. The summed E-state index contributed by atoms with van der Waals surface area (Å²) in [5.74, 6) is 0. The lowest BCUT2D eigenvalue weighted by molar-refractivity contribution is 0.269. The van der Waals surface area contributed by atoms with E-state index < -0.39 is 0 Å². The summed E-state index contributed by atoms with van der Waals surface area (Å²) in [7, 11) is 0. The third-order valence-electron chi connectivity index (χ3n) is 1.92. The molecule has 1 N–H and O–H groups in total. The molecule has 14 heavy (non-hydrogen) atoms. The van der Waals surface area contributed by atoms with E-state index in [9.17, 15) is 0 Å². The van der Waals surface area contributed by atoms with Crippen LogP contribution in [0.2, 0.25) is 0 Å². The Morgan fingerprint density at radius 3 is 3.00 bits per heavy atom. The van der Waals surface area contributed by atoms with Crippen LogP contribution in [0.5, 0.6) is 0 Å². The summed E-state index contributed by atoms with van der Waals surface area (Å²) in [6.07, 6.45) is 5.37. The number of aliphatic hydroxyl groups excluding tert-OH is 1. The number of hydrogen-bond donors (Lipinski definition) is 1. The number of rotatable bonds is 3. The molecule has 4 nitrogen and oxygen atoms in total. The van der Waals surface area contributed by atoms with Crippen molar-refractivity contribution in [1.29, 1.82) is 0 Å². The second kappa shape index (κ2) is 4.02. The first-order valence-corrected chi connectivity index (χ1v) is 4.45. The number of aromatic nitrogens is 3. The predicted molar refractivity (Wildman–Crippen MR) is 52.5 cm³/mol. The molecule has 0 bridgehead atoms. The monoisotopic (exact) mass is 189 g/mol. The van der Waals surface area contributed by atoms with Gasteiger partial charge in [0.2, 0.25) is 0 Å². The van der Waals surface area contributed by atoms with E-state index in [1.807, 2.05) is 24.4 Å². The van der Waals surface area contributed by atoms with Crippen molar-refractivity contribution in [3.05, 3.63) is 36.8 Å². The highest BCUT2D eigenvalue weighted by Gasteiger charge is 2.00. The highest BCUT2D eigenvalue weighted by atomic mass is 16.3. The molecule has 0 saturated carbocycles. The summed E-state index contributed by atoms with van der Waals surface area (Å²) in [5, 5.41) is 12.8. The largest absolute Gasteiger partial charge is 0.394 e. The Labute approximate surface area is 81.8 Å². The quantitative estimate of drug-likeness (QED) is 0.781. The van der Waals surface area contributed by atoms with Crippen molar-refractivity contribution < 1.29 is 5.11 Å². The Kier molecular flexibility index (Phi) is 2.55. The van der Waals surface area contributed by atoms with Gasteiger partial charge in [0, 0.05) is 18.0 Å². The molecule has 0 aromatic carbocycles. The lowest BCUT2D eigenvalue weighted by Gasteiger charge is -1.95. The second-order valence-electron chi connectivity index (χ2n) is 2.93. The molecular weight excluding hydrogens is 178 g/mol. The van der Waals surface area contributed by atoms with Gasteiger partial charge >= 0.3 is 0 Å². The minimum atomic E-state index is 0.101. The van der Waals surface area contributed by atoms with Crippen LogP contribution in [-0.4, -0.2) is 26.5 Å². The summed E-state index contributed by atoms with van der Waals surface area (Å²) >= 11 is 0. The van der Waals surface area contributed by atoms with Gasteiger partial charge in [-0.05, 0) is 12.1 Å². The van der Waals surface area contributed by atoms with Crippen molar-refractivity contribution in [3.8, 4) is 11.3 Å². The first-order chi connectivity index (χ1) is 6.90. The number of hydrogen-bond acceptors (Lipinski definition) is 3. The number of nitrogens with zero attached hydrogens (tertiary/aromatic N) is 3. The maximum absolute atomic E-state index is 8.72. The van der Waals surface area contributed by atoms with Gasteiger partial charge in [-0.15, -0.1) is 0 Å². The van der Waals surface area contributed by atoms with E-state index in [4.69, 9.17) is 5.11 Å². The van der Waals surface area contributed by atoms with E-state index in [1.165, 1.54) is 0 Å². The average molecular weight is 189 g/mol. The van der Waals surface area contributed by atoms with Crippen LogP contribution in [0.4, 0.5) is 0 Å². The van der Waals surface area contributed by atoms with Crippen molar-refractivity contribution >= 4 is 0 Å².